The number of rotatable bonds is 11. The molecule has 138 valence electrons. The van der Waals surface area contributed by atoms with Crippen LogP contribution in [0.25, 0.3) is 0 Å². The number of nitrogens with zero attached hydrogens (tertiary/aromatic N) is 2. The van der Waals surface area contributed by atoms with Crippen molar-refractivity contribution in [2.24, 2.45) is 0 Å². The van der Waals surface area contributed by atoms with Crippen LogP contribution < -0.4 is 79.5 Å². The van der Waals surface area contributed by atoms with E-state index in [1.807, 2.05) is 0 Å². The third kappa shape index (κ3) is 29.7. The molecule has 0 radical (unpaired) electrons. The predicted octanol–water partition coefficient (Wildman–Crippen LogP) is -16.3. The Morgan fingerprint density at radius 3 is 0.808 bits per heavy atom. The molecule has 0 aromatic rings. The third-order valence-electron chi connectivity index (χ3n) is 2.14. The minimum Gasteiger partial charge on any atom is -0.549 e. The molecule has 0 unspecified atom stereocenters. The maximum Gasteiger partial charge on any atom is 2.00 e. The smallest absolute Gasteiger partial charge is 0.549 e. The van der Waals surface area contributed by atoms with Gasteiger partial charge in [0.15, 0.2) is 0 Å². The van der Waals surface area contributed by atoms with Crippen LogP contribution in [0.4, 0.5) is 0 Å². The first-order chi connectivity index (χ1) is 9.20. The fourth-order valence-electron chi connectivity index (χ4n) is 1.44. The zero-order chi connectivity index (χ0) is 15.7. The summed E-state index contributed by atoms with van der Waals surface area (Å²) in [5, 5.41) is 41.6. The van der Waals surface area contributed by atoms with Gasteiger partial charge in [-0.2, -0.15) is 0 Å². The molecule has 13 nitrogen and oxygen atoms in total. The Morgan fingerprint density at radius 2 is 0.692 bits per heavy atom. The molecule has 0 rings (SSSR count). The summed E-state index contributed by atoms with van der Waals surface area (Å²) < 4.78 is 0. The van der Waals surface area contributed by atoms with E-state index in [1.165, 1.54) is 0 Å². The van der Waals surface area contributed by atoms with Crippen LogP contribution in [0, 0.1) is 0 Å². The predicted molar refractivity (Wildman–Crippen MR) is 69.5 cm³/mol. The van der Waals surface area contributed by atoms with E-state index in [0.717, 1.165) is 9.80 Å². The topological polar surface area (TPSA) is 262 Å². The average Bonchev–Trinajstić information content (AvgIpc) is 2.22. The molecule has 0 aliphatic carbocycles. The molecular weight excluding hydrogens is 410 g/mol. The molecule has 0 heterocycles. The fraction of sp³-hybridized carbons (Fsp3) is 0.600. The van der Waals surface area contributed by atoms with E-state index >= 15 is 0 Å². The normalized spacial score (nSPS) is 8.23. The van der Waals surface area contributed by atoms with E-state index in [9.17, 15) is 39.6 Å². The van der Waals surface area contributed by atoms with Crippen molar-refractivity contribution in [1.82, 2.24) is 9.80 Å². The first kappa shape index (κ1) is 45.6. The molecule has 6 N–H and O–H groups in total. The van der Waals surface area contributed by atoms with Crippen molar-refractivity contribution in [2.45, 2.75) is 0 Å². The van der Waals surface area contributed by atoms with Crippen molar-refractivity contribution in [3.05, 3.63) is 0 Å². The second-order valence-corrected chi connectivity index (χ2v) is 3.91. The minimum atomic E-state index is -1.53. The maximum atomic E-state index is 10.4. The van der Waals surface area contributed by atoms with E-state index in [0.29, 0.717) is 0 Å². The summed E-state index contributed by atoms with van der Waals surface area (Å²) in [7, 11) is 0. The number of carbonyl (C=O) groups excluding carboxylic acids is 4. The molecule has 0 saturated carbocycles. The van der Waals surface area contributed by atoms with Gasteiger partial charge in [-0.05, 0) is 0 Å². The van der Waals surface area contributed by atoms with Crippen LogP contribution in [0.1, 0.15) is 0 Å². The van der Waals surface area contributed by atoms with Gasteiger partial charge in [-0.15, -0.1) is 0 Å². The van der Waals surface area contributed by atoms with Crippen molar-refractivity contribution >= 4 is 61.6 Å². The van der Waals surface area contributed by atoms with Gasteiger partial charge < -0.3 is 56.0 Å². The second-order valence-electron chi connectivity index (χ2n) is 3.91. The number of hydrogen-bond acceptors (Lipinski definition) is 10. The molecule has 0 bridgehead atoms. The molecule has 0 fully saturated rings. The summed E-state index contributed by atoms with van der Waals surface area (Å²) in [6.07, 6.45) is 0. The first-order valence-corrected chi connectivity index (χ1v) is 5.44. The Morgan fingerprint density at radius 1 is 0.538 bits per heavy atom. The van der Waals surface area contributed by atoms with Gasteiger partial charge in [0.1, 0.15) is 0 Å². The molecule has 16 heteroatoms. The van der Waals surface area contributed by atoms with Crippen molar-refractivity contribution in [3.63, 3.8) is 0 Å². The van der Waals surface area contributed by atoms with E-state index in [4.69, 9.17) is 0 Å². The van der Waals surface area contributed by atoms with Crippen molar-refractivity contribution in [2.75, 3.05) is 39.3 Å². The molecule has 0 aliphatic rings. The molecule has 0 aliphatic heterocycles. The summed E-state index contributed by atoms with van der Waals surface area (Å²) in [6, 6.07) is 0. The van der Waals surface area contributed by atoms with Gasteiger partial charge in [-0.25, -0.2) is 0 Å². The van der Waals surface area contributed by atoms with Crippen LogP contribution >= 0.6 is 0 Å². The Labute approximate surface area is 223 Å². The second kappa shape index (κ2) is 25.9. The molecular formula is C10H18CaN2Na2O11. The van der Waals surface area contributed by atoms with Crippen LogP contribution in [0.5, 0.6) is 0 Å². The van der Waals surface area contributed by atoms with Gasteiger partial charge in [-0.1, -0.05) is 0 Å². The summed E-state index contributed by atoms with van der Waals surface area (Å²) >= 11 is 0. The maximum absolute atomic E-state index is 10.4. The van der Waals surface area contributed by atoms with Crippen molar-refractivity contribution < 1.29 is 115 Å². The van der Waals surface area contributed by atoms with Crippen molar-refractivity contribution in [3.8, 4) is 0 Å². The zero-order valence-electron chi connectivity index (χ0n) is 14.6. The first-order valence-electron chi connectivity index (χ1n) is 5.44. The van der Waals surface area contributed by atoms with Gasteiger partial charge in [0.2, 0.25) is 0 Å². The Bertz CT molecular complexity index is 335. The number of aliphatic carboxylic acids is 4. The molecule has 0 aromatic carbocycles. The van der Waals surface area contributed by atoms with Gasteiger partial charge in [0.25, 0.3) is 0 Å². The van der Waals surface area contributed by atoms with Crippen LogP contribution in [0.2, 0.25) is 0 Å². The number of hydrogen-bond donors (Lipinski definition) is 0. The van der Waals surface area contributed by atoms with Gasteiger partial charge in [0, 0.05) is 39.3 Å². The molecule has 26 heavy (non-hydrogen) atoms. The third-order valence-corrected chi connectivity index (χ3v) is 2.14. The quantitative estimate of drug-likeness (QED) is 0.280. The van der Waals surface area contributed by atoms with E-state index in [2.05, 4.69) is 0 Å². The minimum absolute atomic E-state index is 0. The average molecular weight is 428 g/mol. The summed E-state index contributed by atoms with van der Waals surface area (Å²) in [4.78, 5) is 43.4. The number of carboxylic acid groups (broad SMARTS) is 4. The van der Waals surface area contributed by atoms with Crippen LogP contribution in [0.15, 0.2) is 0 Å². The summed E-state index contributed by atoms with van der Waals surface area (Å²) in [5.74, 6) is -6.12. The SMILES string of the molecule is O.O.O.O=C([O-])CN(CCN(CC(=O)[O-])CC(=O)[O-])CC(=O)[O-].[Ca+2].[Na+].[Na+]. The van der Waals surface area contributed by atoms with Gasteiger partial charge >= 0.3 is 96.9 Å². The van der Waals surface area contributed by atoms with E-state index in [1.54, 1.807) is 0 Å². The Balaban J connectivity index is -0.000000120. The van der Waals surface area contributed by atoms with E-state index in [-0.39, 0.29) is 126 Å². The molecule has 0 saturated heterocycles. The summed E-state index contributed by atoms with van der Waals surface area (Å²) in [6.45, 7) is -3.25. The Kier molecular flexibility index (Phi) is 45.5. The number of carbonyl (C=O) groups is 4. The Hall–Kier alpha value is 0.940. The number of carboxylic acids is 4. The summed E-state index contributed by atoms with van der Waals surface area (Å²) in [5.41, 5.74) is 0. The van der Waals surface area contributed by atoms with Crippen LogP contribution in [-0.2, 0) is 19.2 Å². The fourth-order valence-corrected chi connectivity index (χ4v) is 1.44. The van der Waals surface area contributed by atoms with Gasteiger partial charge in [0.05, 0.1) is 23.9 Å². The van der Waals surface area contributed by atoms with Gasteiger partial charge in [-0.3, -0.25) is 9.80 Å². The molecule has 0 spiro atoms. The largest absolute Gasteiger partial charge is 2.00 e. The monoisotopic (exact) mass is 428 g/mol. The van der Waals surface area contributed by atoms with Crippen LogP contribution in [0.3, 0.4) is 0 Å². The molecule has 0 amide bonds. The van der Waals surface area contributed by atoms with Crippen molar-refractivity contribution in [1.29, 1.82) is 0 Å². The molecule has 0 atom stereocenters. The standard InChI is InChI=1S/C10H16N2O8.Ca.2Na.3H2O/c13-7(14)3-11(4-8(15)16)1-2-12(5-9(17)18)6-10(19)20;;;;;;/h1-6H2,(H,13,14)(H,15,16)(H,17,18)(H,19,20);;;;3*1H2/q;+2;2*+1;;;/p-4. The van der Waals surface area contributed by atoms with E-state index < -0.39 is 50.1 Å². The molecule has 0 aromatic heterocycles. The zero-order valence-corrected chi connectivity index (χ0v) is 20.8. The van der Waals surface area contributed by atoms with Crippen LogP contribution in [-0.4, -0.2) is 127 Å².